The number of hydrogen-bond donors (Lipinski definition) is 4. The van der Waals surface area contributed by atoms with E-state index in [9.17, 15) is 9.90 Å². The third-order valence-electron chi connectivity index (χ3n) is 3.87. The molecule has 0 bridgehead atoms. The highest BCUT2D eigenvalue weighted by Crippen LogP contribution is 2.22. The summed E-state index contributed by atoms with van der Waals surface area (Å²) in [4.78, 5) is 16.2. The Morgan fingerprint density at radius 3 is 2.78 bits per heavy atom. The Bertz CT molecular complexity index is 610. The summed E-state index contributed by atoms with van der Waals surface area (Å²) in [7, 11) is 0. The van der Waals surface area contributed by atoms with Gasteiger partial charge in [0.05, 0.1) is 23.7 Å². The number of carbonyl (C=O) groups is 1. The zero-order valence-corrected chi connectivity index (χ0v) is 13.4. The van der Waals surface area contributed by atoms with Crippen LogP contribution in [-0.2, 0) is 0 Å². The van der Waals surface area contributed by atoms with E-state index in [1.807, 2.05) is 32.0 Å². The number of nitrogens with zero attached hydrogens (tertiary/aromatic N) is 2. The number of pyridine rings is 1. The van der Waals surface area contributed by atoms with Crippen LogP contribution < -0.4 is 10.6 Å². The largest absolute Gasteiger partial charge is 0.391 e. The van der Waals surface area contributed by atoms with Crippen LogP contribution in [-0.4, -0.2) is 39.0 Å². The molecule has 7 nitrogen and oxygen atoms in total. The van der Waals surface area contributed by atoms with Gasteiger partial charge in [-0.3, -0.25) is 10.1 Å². The van der Waals surface area contributed by atoms with Gasteiger partial charge in [-0.15, -0.1) is 0 Å². The van der Waals surface area contributed by atoms with Crippen LogP contribution in [0.25, 0.3) is 11.4 Å². The summed E-state index contributed by atoms with van der Waals surface area (Å²) in [6, 6.07) is 5.12. The monoisotopic (exact) mass is 317 g/mol. The molecule has 2 aromatic heterocycles. The van der Waals surface area contributed by atoms with E-state index >= 15 is 0 Å². The fourth-order valence-electron chi connectivity index (χ4n) is 2.45. The molecule has 0 aliphatic rings. The van der Waals surface area contributed by atoms with E-state index in [2.05, 4.69) is 25.8 Å². The SMILES string of the molecule is CCC(CC)C(O)CNC(=O)Nc1cn[nH]c1-c1ccccn1. The Balaban J connectivity index is 1.93. The Morgan fingerprint density at radius 2 is 2.13 bits per heavy atom. The second-order valence-corrected chi connectivity index (χ2v) is 5.35. The smallest absolute Gasteiger partial charge is 0.319 e. The highest BCUT2D eigenvalue weighted by atomic mass is 16.3. The van der Waals surface area contributed by atoms with Gasteiger partial charge < -0.3 is 15.7 Å². The molecule has 0 aliphatic carbocycles. The lowest BCUT2D eigenvalue weighted by Gasteiger charge is -2.20. The van der Waals surface area contributed by atoms with E-state index in [1.165, 1.54) is 6.20 Å². The molecule has 0 aromatic carbocycles. The average molecular weight is 317 g/mol. The van der Waals surface area contributed by atoms with Crippen molar-refractivity contribution in [2.24, 2.45) is 5.92 Å². The quantitative estimate of drug-likeness (QED) is 0.629. The molecule has 0 aliphatic heterocycles. The van der Waals surface area contributed by atoms with Gasteiger partial charge in [-0.1, -0.05) is 32.8 Å². The minimum atomic E-state index is -0.546. The van der Waals surface area contributed by atoms with Gasteiger partial charge in [0.25, 0.3) is 0 Å². The first-order valence-electron chi connectivity index (χ1n) is 7.83. The van der Waals surface area contributed by atoms with Crippen molar-refractivity contribution in [2.75, 3.05) is 11.9 Å². The topological polar surface area (TPSA) is 103 Å². The van der Waals surface area contributed by atoms with Crippen LogP contribution in [0.5, 0.6) is 0 Å². The molecule has 0 radical (unpaired) electrons. The standard InChI is InChI=1S/C16H23N5O2/c1-3-11(4-2)14(22)10-18-16(23)20-13-9-19-21-15(13)12-7-5-6-8-17-12/h5-9,11,14,22H,3-4,10H2,1-2H3,(H,19,21)(H2,18,20,23). The summed E-state index contributed by atoms with van der Waals surface area (Å²) in [5.74, 6) is 0.188. The van der Waals surface area contributed by atoms with Crippen molar-refractivity contribution < 1.29 is 9.90 Å². The number of carbonyl (C=O) groups excluding carboxylic acids is 1. The summed E-state index contributed by atoms with van der Waals surface area (Å²) in [6.45, 7) is 4.28. The molecule has 2 rings (SSSR count). The Morgan fingerprint density at radius 1 is 1.35 bits per heavy atom. The Labute approximate surface area is 135 Å². The fraction of sp³-hybridized carbons (Fsp3) is 0.438. The molecule has 0 saturated heterocycles. The van der Waals surface area contributed by atoms with Crippen LogP contribution in [0.15, 0.2) is 30.6 Å². The number of hydrogen-bond acceptors (Lipinski definition) is 4. The highest BCUT2D eigenvalue weighted by Gasteiger charge is 2.17. The summed E-state index contributed by atoms with van der Waals surface area (Å²) >= 11 is 0. The van der Waals surface area contributed by atoms with Crippen molar-refractivity contribution >= 4 is 11.7 Å². The first-order chi connectivity index (χ1) is 11.2. The van der Waals surface area contributed by atoms with Crippen LogP contribution in [0, 0.1) is 5.92 Å². The number of H-pyrrole nitrogens is 1. The van der Waals surface area contributed by atoms with Gasteiger partial charge in [0.15, 0.2) is 0 Å². The Hall–Kier alpha value is -2.41. The molecular weight excluding hydrogens is 294 g/mol. The van der Waals surface area contributed by atoms with E-state index in [-0.39, 0.29) is 18.5 Å². The number of aliphatic hydroxyl groups excluding tert-OH is 1. The van der Waals surface area contributed by atoms with Crippen molar-refractivity contribution in [3.63, 3.8) is 0 Å². The lowest BCUT2D eigenvalue weighted by atomic mass is 9.97. The number of amides is 2. The zero-order valence-electron chi connectivity index (χ0n) is 13.4. The summed E-state index contributed by atoms with van der Waals surface area (Å²) in [5, 5.41) is 22.2. The van der Waals surface area contributed by atoms with Crippen LogP contribution in [0.4, 0.5) is 10.5 Å². The number of rotatable bonds is 7. The van der Waals surface area contributed by atoms with Crippen molar-refractivity contribution in [2.45, 2.75) is 32.8 Å². The van der Waals surface area contributed by atoms with Gasteiger partial charge in [0.1, 0.15) is 5.69 Å². The maximum Gasteiger partial charge on any atom is 0.319 e. The first kappa shape index (κ1) is 17.0. The minimum absolute atomic E-state index is 0.188. The van der Waals surface area contributed by atoms with E-state index in [0.717, 1.165) is 12.8 Å². The minimum Gasteiger partial charge on any atom is -0.391 e. The third kappa shape index (κ3) is 4.53. The molecule has 2 heterocycles. The number of anilines is 1. The molecule has 1 unspecified atom stereocenters. The second kappa shape index (κ2) is 8.28. The van der Waals surface area contributed by atoms with Crippen molar-refractivity contribution in [1.29, 1.82) is 0 Å². The van der Waals surface area contributed by atoms with Crippen molar-refractivity contribution in [3.05, 3.63) is 30.6 Å². The van der Waals surface area contributed by atoms with E-state index < -0.39 is 6.10 Å². The molecule has 2 aromatic rings. The highest BCUT2D eigenvalue weighted by molar-refractivity contribution is 5.92. The molecule has 124 valence electrons. The lowest BCUT2D eigenvalue weighted by Crippen LogP contribution is -2.38. The second-order valence-electron chi connectivity index (χ2n) is 5.35. The summed E-state index contributed by atoms with van der Waals surface area (Å²) < 4.78 is 0. The zero-order chi connectivity index (χ0) is 16.7. The third-order valence-corrected chi connectivity index (χ3v) is 3.87. The molecule has 1 atom stereocenters. The van der Waals surface area contributed by atoms with Crippen molar-refractivity contribution in [3.8, 4) is 11.4 Å². The number of nitrogens with one attached hydrogen (secondary N) is 3. The normalized spacial score (nSPS) is 12.2. The summed E-state index contributed by atoms with van der Waals surface area (Å²) in [6.07, 6.45) is 4.42. The predicted octanol–water partition coefficient (Wildman–Crippen LogP) is 2.39. The van der Waals surface area contributed by atoms with Crippen LogP contribution in [0.2, 0.25) is 0 Å². The molecule has 0 spiro atoms. The molecule has 4 N–H and O–H groups in total. The van der Waals surface area contributed by atoms with Crippen LogP contribution >= 0.6 is 0 Å². The van der Waals surface area contributed by atoms with Gasteiger partial charge in [-0.25, -0.2) is 4.79 Å². The lowest BCUT2D eigenvalue weighted by molar-refractivity contribution is 0.104. The average Bonchev–Trinajstić information content (AvgIpc) is 3.03. The summed E-state index contributed by atoms with van der Waals surface area (Å²) in [5.41, 5.74) is 1.87. The van der Waals surface area contributed by atoms with E-state index in [0.29, 0.717) is 17.1 Å². The van der Waals surface area contributed by atoms with Gasteiger partial charge in [0.2, 0.25) is 0 Å². The van der Waals surface area contributed by atoms with Crippen LogP contribution in [0.3, 0.4) is 0 Å². The van der Waals surface area contributed by atoms with Gasteiger partial charge in [-0.2, -0.15) is 5.10 Å². The van der Waals surface area contributed by atoms with E-state index in [1.54, 1.807) is 6.20 Å². The predicted molar refractivity (Wildman–Crippen MR) is 88.9 cm³/mol. The van der Waals surface area contributed by atoms with Crippen LogP contribution in [0.1, 0.15) is 26.7 Å². The number of aromatic amines is 1. The molecule has 0 saturated carbocycles. The van der Waals surface area contributed by atoms with Gasteiger partial charge in [-0.05, 0) is 18.1 Å². The van der Waals surface area contributed by atoms with Crippen molar-refractivity contribution in [1.82, 2.24) is 20.5 Å². The maximum absolute atomic E-state index is 12.0. The maximum atomic E-state index is 12.0. The molecule has 0 fully saturated rings. The van der Waals surface area contributed by atoms with Gasteiger partial charge >= 0.3 is 6.03 Å². The molecule has 7 heteroatoms. The Kier molecular flexibility index (Phi) is 6.10. The molecule has 2 amide bonds. The molecule has 23 heavy (non-hydrogen) atoms. The molecular formula is C16H23N5O2. The van der Waals surface area contributed by atoms with E-state index in [4.69, 9.17) is 0 Å². The number of urea groups is 1. The fourth-order valence-corrected chi connectivity index (χ4v) is 2.45. The van der Waals surface area contributed by atoms with Gasteiger partial charge in [0, 0.05) is 12.7 Å². The number of aliphatic hydroxyl groups is 1. The number of aromatic nitrogens is 3. The first-order valence-corrected chi connectivity index (χ1v) is 7.83.